The molecule has 18 heavy (non-hydrogen) atoms. The van der Waals surface area contributed by atoms with Crippen LogP contribution in [0.1, 0.15) is 31.7 Å². The van der Waals surface area contributed by atoms with Crippen molar-refractivity contribution in [3.05, 3.63) is 29.8 Å². The molecule has 0 saturated carbocycles. The third kappa shape index (κ3) is 2.64. The van der Waals surface area contributed by atoms with Gasteiger partial charge < -0.3 is 10.5 Å². The lowest BCUT2D eigenvalue weighted by Crippen LogP contribution is -2.44. The predicted octanol–water partition coefficient (Wildman–Crippen LogP) is 2.48. The minimum absolute atomic E-state index is 0.135. The van der Waals surface area contributed by atoms with Crippen LogP contribution in [0.2, 0.25) is 0 Å². The van der Waals surface area contributed by atoms with E-state index in [0.717, 1.165) is 12.1 Å². The van der Waals surface area contributed by atoms with E-state index in [1.54, 1.807) is 4.90 Å². The van der Waals surface area contributed by atoms with Crippen LogP contribution in [0.4, 0.5) is 10.5 Å². The first-order valence-electron chi connectivity index (χ1n) is 6.40. The van der Waals surface area contributed by atoms with E-state index in [2.05, 4.69) is 26.0 Å². The molecule has 2 N–H and O–H groups in total. The Morgan fingerprint density at radius 1 is 1.39 bits per heavy atom. The van der Waals surface area contributed by atoms with Gasteiger partial charge in [0.15, 0.2) is 0 Å². The van der Waals surface area contributed by atoms with Gasteiger partial charge in [-0.3, -0.25) is 4.90 Å². The van der Waals surface area contributed by atoms with Gasteiger partial charge in [-0.05, 0) is 23.6 Å². The van der Waals surface area contributed by atoms with Crippen LogP contribution in [0.25, 0.3) is 0 Å². The number of hydrogen-bond donors (Lipinski definition) is 1. The van der Waals surface area contributed by atoms with Crippen molar-refractivity contribution >= 4 is 11.8 Å². The Labute approximate surface area is 108 Å². The smallest absolute Gasteiger partial charge is 0.414 e. The lowest BCUT2D eigenvalue weighted by Gasteiger charge is -2.31. The highest BCUT2D eigenvalue weighted by Gasteiger charge is 2.27. The molecule has 0 radical (unpaired) electrons. The quantitative estimate of drug-likeness (QED) is 0.894. The fraction of sp³-hybridized carbons (Fsp3) is 0.500. The third-order valence-electron chi connectivity index (χ3n) is 3.30. The maximum Gasteiger partial charge on any atom is 0.414 e. The van der Waals surface area contributed by atoms with Crippen LogP contribution < -0.4 is 10.6 Å². The van der Waals surface area contributed by atoms with E-state index in [9.17, 15) is 4.79 Å². The second-order valence-corrected chi connectivity index (χ2v) is 4.93. The molecule has 2 rings (SSSR count). The molecule has 0 spiro atoms. The van der Waals surface area contributed by atoms with Crippen LogP contribution in [0.15, 0.2) is 24.3 Å². The Morgan fingerprint density at radius 2 is 2.06 bits per heavy atom. The SMILES string of the molecule is CC(C)c1ccc(N2CCC(CN)OC2=O)cc1. The molecule has 4 heteroatoms. The zero-order valence-corrected chi connectivity index (χ0v) is 10.9. The van der Waals surface area contributed by atoms with Crippen molar-refractivity contribution in [3.8, 4) is 0 Å². The Hall–Kier alpha value is -1.55. The second-order valence-electron chi connectivity index (χ2n) is 4.93. The van der Waals surface area contributed by atoms with Crippen molar-refractivity contribution in [1.29, 1.82) is 0 Å². The minimum atomic E-state index is -0.297. The fourth-order valence-corrected chi connectivity index (χ4v) is 2.07. The molecular formula is C14H20N2O2. The molecule has 98 valence electrons. The number of carbonyl (C=O) groups is 1. The number of anilines is 1. The number of carbonyl (C=O) groups excluding carboxylic acids is 1. The van der Waals surface area contributed by atoms with Crippen molar-refractivity contribution in [2.24, 2.45) is 5.73 Å². The van der Waals surface area contributed by atoms with Gasteiger partial charge in [-0.15, -0.1) is 0 Å². The van der Waals surface area contributed by atoms with Gasteiger partial charge in [0, 0.05) is 25.2 Å². The Bertz CT molecular complexity index is 414. The summed E-state index contributed by atoms with van der Waals surface area (Å²) < 4.78 is 5.24. The maximum absolute atomic E-state index is 11.8. The van der Waals surface area contributed by atoms with Crippen molar-refractivity contribution in [3.63, 3.8) is 0 Å². The Kier molecular flexibility index (Phi) is 3.87. The van der Waals surface area contributed by atoms with Gasteiger partial charge in [-0.1, -0.05) is 26.0 Å². The average molecular weight is 248 g/mol. The van der Waals surface area contributed by atoms with E-state index < -0.39 is 0 Å². The molecule has 1 unspecified atom stereocenters. The normalized spacial score (nSPS) is 20.1. The molecule has 1 aliphatic rings. The molecule has 1 heterocycles. The maximum atomic E-state index is 11.8. The molecule has 1 amide bonds. The van der Waals surface area contributed by atoms with Crippen molar-refractivity contribution in [1.82, 2.24) is 0 Å². The number of nitrogens with two attached hydrogens (primary N) is 1. The van der Waals surface area contributed by atoms with Crippen molar-refractivity contribution in [2.45, 2.75) is 32.3 Å². The predicted molar refractivity (Wildman–Crippen MR) is 71.8 cm³/mol. The number of rotatable bonds is 3. The Balaban J connectivity index is 2.10. The first-order chi connectivity index (χ1) is 8.61. The average Bonchev–Trinajstić information content (AvgIpc) is 2.38. The summed E-state index contributed by atoms with van der Waals surface area (Å²) in [6.07, 6.45) is 0.353. The van der Waals surface area contributed by atoms with E-state index in [0.29, 0.717) is 19.0 Å². The van der Waals surface area contributed by atoms with Crippen LogP contribution >= 0.6 is 0 Å². The number of cyclic esters (lactones) is 1. The van der Waals surface area contributed by atoms with E-state index in [4.69, 9.17) is 10.5 Å². The number of nitrogens with zero attached hydrogens (tertiary/aromatic N) is 1. The Morgan fingerprint density at radius 3 is 2.56 bits per heavy atom. The highest BCUT2D eigenvalue weighted by Crippen LogP contribution is 2.23. The second kappa shape index (κ2) is 5.40. The van der Waals surface area contributed by atoms with Crippen LogP contribution in [0.3, 0.4) is 0 Å². The van der Waals surface area contributed by atoms with Gasteiger partial charge in [0.2, 0.25) is 0 Å². The minimum Gasteiger partial charge on any atom is -0.444 e. The summed E-state index contributed by atoms with van der Waals surface area (Å²) in [5.41, 5.74) is 7.66. The lowest BCUT2D eigenvalue weighted by atomic mass is 10.0. The molecule has 0 bridgehead atoms. The molecule has 4 nitrogen and oxygen atoms in total. The van der Waals surface area contributed by atoms with Crippen LogP contribution in [0, 0.1) is 0 Å². The van der Waals surface area contributed by atoms with Gasteiger partial charge in [-0.2, -0.15) is 0 Å². The molecule has 0 aromatic heterocycles. The van der Waals surface area contributed by atoms with E-state index in [1.807, 2.05) is 12.1 Å². The first kappa shape index (κ1) is 12.9. The lowest BCUT2D eigenvalue weighted by molar-refractivity contribution is 0.0888. The first-order valence-corrected chi connectivity index (χ1v) is 6.40. The summed E-state index contributed by atoms with van der Waals surface area (Å²) in [5, 5.41) is 0. The van der Waals surface area contributed by atoms with Crippen LogP contribution in [-0.2, 0) is 4.74 Å². The molecule has 1 saturated heterocycles. The third-order valence-corrected chi connectivity index (χ3v) is 3.30. The van der Waals surface area contributed by atoms with Crippen molar-refractivity contribution < 1.29 is 9.53 Å². The summed E-state index contributed by atoms with van der Waals surface area (Å²) in [6.45, 7) is 5.36. The molecule has 1 fully saturated rings. The van der Waals surface area contributed by atoms with Gasteiger partial charge >= 0.3 is 6.09 Å². The molecular weight excluding hydrogens is 228 g/mol. The number of hydrogen-bond acceptors (Lipinski definition) is 3. The van der Waals surface area contributed by atoms with Crippen molar-refractivity contribution in [2.75, 3.05) is 18.0 Å². The van der Waals surface area contributed by atoms with E-state index in [1.165, 1.54) is 5.56 Å². The molecule has 0 aliphatic carbocycles. The van der Waals surface area contributed by atoms with Crippen LogP contribution in [0.5, 0.6) is 0 Å². The highest BCUT2D eigenvalue weighted by molar-refractivity contribution is 5.88. The summed E-state index contributed by atoms with van der Waals surface area (Å²) >= 11 is 0. The zero-order valence-electron chi connectivity index (χ0n) is 10.9. The molecule has 1 aromatic carbocycles. The van der Waals surface area contributed by atoms with Gasteiger partial charge in [0.05, 0.1) is 0 Å². The van der Waals surface area contributed by atoms with Gasteiger partial charge in [0.25, 0.3) is 0 Å². The summed E-state index contributed by atoms with van der Waals surface area (Å²) in [6, 6.07) is 8.06. The number of ether oxygens (including phenoxy) is 1. The topological polar surface area (TPSA) is 55.6 Å². The largest absolute Gasteiger partial charge is 0.444 e. The van der Waals surface area contributed by atoms with Crippen LogP contribution in [-0.4, -0.2) is 25.3 Å². The van der Waals surface area contributed by atoms with E-state index in [-0.39, 0.29) is 12.2 Å². The summed E-state index contributed by atoms with van der Waals surface area (Å²) in [4.78, 5) is 13.5. The molecule has 1 aromatic rings. The van der Waals surface area contributed by atoms with E-state index >= 15 is 0 Å². The summed E-state index contributed by atoms with van der Waals surface area (Å²) in [5.74, 6) is 0.494. The number of amides is 1. The zero-order chi connectivity index (χ0) is 13.1. The standard InChI is InChI=1S/C14H20N2O2/c1-10(2)11-3-5-12(6-4-11)16-8-7-13(9-15)18-14(16)17/h3-6,10,13H,7-9,15H2,1-2H3. The fourth-order valence-electron chi connectivity index (χ4n) is 2.07. The van der Waals surface area contributed by atoms with Gasteiger partial charge in [-0.25, -0.2) is 4.79 Å². The molecule has 1 aliphatic heterocycles. The molecule has 1 atom stereocenters. The highest BCUT2D eigenvalue weighted by atomic mass is 16.6. The summed E-state index contributed by atoms with van der Waals surface area (Å²) in [7, 11) is 0. The van der Waals surface area contributed by atoms with Gasteiger partial charge in [0.1, 0.15) is 6.10 Å². The number of benzene rings is 1. The monoisotopic (exact) mass is 248 g/mol.